The first kappa shape index (κ1) is 42.4. The Morgan fingerprint density at radius 3 is 2.02 bits per heavy atom. The molecule has 318 valence electrons. The van der Waals surface area contributed by atoms with Gasteiger partial charge in [0.05, 0.1) is 41.7 Å². The second-order valence-corrected chi connectivity index (χ2v) is 16.2. The predicted octanol–water partition coefficient (Wildman–Crippen LogP) is 8.95. The van der Waals surface area contributed by atoms with Crippen LogP contribution in [0.4, 0.5) is 13.2 Å². The molecule has 0 amide bonds. The Balaban J connectivity index is 0.000000205. The minimum Gasteiger partial charge on any atom is -0.484 e. The number of pyridine rings is 2. The van der Waals surface area contributed by atoms with Crippen LogP contribution in [0, 0.1) is 17.5 Å². The minimum absolute atomic E-state index is 0.00201. The number of nitrogens with zero attached hydrogens (tertiary/aromatic N) is 5. The Bertz CT molecular complexity index is 2520. The van der Waals surface area contributed by atoms with Gasteiger partial charge in [0.15, 0.2) is 29.0 Å². The van der Waals surface area contributed by atoms with Crippen LogP contribution in [0.25, 0.3) is 11.0 Å². The normalized spacial score (nSPS) is 18.7. The maximum atomic E-state index is 14.9. The summed E-state index contributed by atoms with van der Waals surface area (Å²) in [6.45, 7) is 5.67. The van der Waals surface area contributed by atoms with E-state index in [1.807, 2.05) is 28.8 Å². The Labute approximate surface area is 360 Å². The number of carbonyl (C=O) groups is 1. The molecule has 0 saturated carbocycles. The second-order valence-electron chi connectivity index (χ2n) is 15.3. The molecule has 3 aromatic carbocycles. The lowest BCUT2D eigenvalue weighted by Gasteiger charge is -2.28. The first-order valence-electron chi connectivity index (χ1n) is 20.1. The molecule has 61 heavy (non-hydrogen) atoms. The number of likely N-dealkylation sites (tertiary alicyclic amines) is 1. The van der Waals surface area contributed by atoms with Gasteiger partial charge in [-0.2, -0.15) is 0 Å². The molecule has 6 aromatic rings. The van der Waals surface area contributed by atoms with Gasteiger partial charge in [0.2, 0.25) is 0 Å². The minimum atomic E-state index is -1.18. The van der Waals surface area contributed by atoms with Crippen LogP contribution in [0.3, 0.4) is 0 Å². The molecule has 6 heterocycles. The number of ether oxygens (including phenoxy) is 3. The summed E-state index contributed by atoms with van der Waals surface area (Å²) < 4.78 is 61.2. The van der Waals surface area contributed by atoms with E-state index >= 15 is 0 Å². The molecule has 3 aliphatic rings. The van der Waals surface area contributed by atoms with E-state index in [-0.39, 0.29) is 47.8 Å². The number of rotatable bonds is 13. The monoisotopic (exact) mass is 874 g/mol. The summed E-state index contributed by atoms with van der Waals surface area (Å²) >= 11 is 11.5. The van der Waals surface area contributed by atoms with E-state index in [1.54, 1.807) is 24.5 Å². The highest BCUT2D eigenvalue weighted by Gasteiger charge is 2.29. The van der Waals surface area contributed by atoms with E-state index in [4.69, 9.17) is 37.4 Å². The van der Waals surface area contributed by atoms with E-state index in [9.17, 15) is 23.1 Å². The Kier molecular flexibility index (Phi) is 13.4. The van der Waals surface area contributed by atoms with Crippen LogP contribution in [-0.4, -0.2) is 74.4 Å². The van der Waals surface area contributed by atoms with Crippen LogP contribution in [-0.2, 0) is 31.0 Å². The summed E-state index contributed by atoms with van der Waals surface area (Å²) in [4.78, 5) is 27.1. The summed E-state index contributed by atoms with van der Waals surface area (Å²) in [5.41, 5.74) is 4.39. The zero-order chi connectivity index (χ0) is 42.5. The van der Waals surface area contributed by atoms with Gasteiger partial charge >= 0.3 is 5.97 Å². The molecular formula is C45H43Cl2F3N6O5. The van der Waals surface area contributed by atoms with Crippen molar-refractivity contribution in [2.45, 2.75) is 63.5 Å². The molecule has 3 aliphatic heterocycles. The first-order valence-corrected chi connectivity index (χ1v) is 20.8. The highest BCUT2D eigenvalue weighted by atomic mass is 35.5. The number of nitrogens with one attached hydrogen (secondary N) is 1. The molecule has 0 radical (unpaired) electrons. The number of benzene rings is 3. The van der Waals surface area contributed by atoms with Crippen molar-refractivity contribution in [1.82, 2.24) is 29.7 Å². The number of fused-ring (bicyclic) bond motifs is 1. The van der Waals surface area contributed by atoms with Crippen molar-refractivity contribution < 1.29 is 37.3 Å². The third-order valence-electron chi connectivity index (χ3n) is 11.2. The largest absolute Gasteiger partial charge is 0.484 e. The highest BCUT2D eigenvalue weighted by Crippen LogP contribution is 2.31. The lowest BCUT2D eigenvalue weighted by Crippen LogP contribution is -2.32. The van der Waals surface area contributed by atoms with Crippen molar-refractivity contribution >= 4 is 40.2 Å². The summed E-state index contributed by atoms with van der Waals surface area (Å²) in [6, 6.07) is 19.2. The maximum absolute atomic E-state index is 14.9. The number of carboxylic acids is 1. The SMILES string of the molecule is Fc1cc(Cl)ccc1OCc1cc([C@H]2CCNC2)ccn1.O=C(O)c1cc(F)c2nc(CN3CC[C@H](c4ccnc(COc5ccc(Cl)cc5F)c4)C3)n(C[C@@H]3CCO3)c2c1. The number of hydrogen-bond acceptors (Lipinski definition) is 9. The standard InChI is InChI=1S/C29H27ClF2N4O4.C16H16ClFN2O/c30-20-1-2-26(23(31)12-20)40-16-21-9-17(3-6-33-21)18-4-7-35(13-18)15-27-34-28-24(32)10-19(29(37)38)11-25(28)36(27)14-22-5-8-39-22;17-13-1-2-16(15(18)8-13)21-10-14-7-11(4-6-20-14)12-3-5-19-9-12/h1-3,6,9-12,18,22H,4-5,7-8,13-16H2,(H,37,38);1-2,4,6-8,12,19H,3,5,9-10H2/t18-,22-;12-/m00/s1. The molecule has 3 aromatic heterocycles. The molecule has 0 unspecified atom stereocenters. The molecule has 3 fully saturated rings. The lowest BCUT2D eigenvalue weighted by molar-refractivity contribution is -0.0591. The third kappa shape index (κ3) is 10.4. The zero-order valence-electron chi connectivity index (χ0n) is 33.0. The zero-order valence-corrected chi connectivity index (χ0v) is 34.5. The highest BCUT2D eigenvalue weighted by molar-refractivity contribution is 6.30. The fraction of sp³-hybridized carbons (Fsp3) is 0.333. The molecule has 0 aliphatic carbocycles. The molecular weight excluding hydrogens is 832 g/mol. The number of aromatic nitrogens is 4. The van der Waals surface area contributed by atoms with Crippen molar-refractivity contribution in [3.63, 3.8) is 0 Å². The van der Waals surface area contributed by atoms with Crippen LogP contribution in [0.1, 0.15) is 69.8 Å². The van der Waals surface area contributed by atoms with E-state index in [0.717, 1.165) is 62.8 Å². The maximum Gasteiger partial charge on any atom is 0.335 e. The van der Waals surface area contributed by atoms with Gasteiger partial charge in [0.25, 0.3) is 0 Å². The molecule has 3 atom stereocenters. The van der Waals surface area contributed by atoms with E-state index in [2.05, 4.69) is 25.2 Å². The topological polar surface area (TPSA) is 124 Å². The average molecular weight is 876 g/mol. The van der Waals surface area contributed by atoms with Crippen LogP contribution >= 0.6 is 23.2 Å². The van der Waals surface area contributed by atoms with E-state index in [1.165, 1.54) is 35.9 Å². The number of hydrogen-bond donors (Lipinski definition) is 2. The van der Waals surface area contributed by atoms with Crippen molar-refractivity contribution in [3.8, 4) is 11.5 Å². The van der Waals surface area contributed by atoms with Gasteiger partial charge in [0.1, 0.15) is 24.6 Å². The predicted molar refractivity (Wildman–Crippen MR) is 224 cm³/mol. The summed E-state index contributed by atoms with van der Waals surface area (Å²) in [5, 5.41) is 13.4. The summed E-state index contributed by atoms with van der Waals surface area (Å²) in [6.07, 6.45) is 6.46. The van der Waals surface area contributed by atoms with Crippen LogP contribution in [0.15, 0.2) is 85.2 Å². The van der Waals surface area contributed by atoms with Crippen molar-refractivity contribution in [2.75, 3.05) is 32.8 Å². The molecule has 9 rings (SSSR count). The van der Waals surface area contributed by atoms with Crippen molar-refractivity contribution in [1.29, 1.82) is 0 Å². The number of carboxylic acid groups (broad SMARTS) is 1. The first-order chi connectivity index (χ1) is 29.6. The Morgan fingerprint density at radius 2 is 1.46 bits per heavy atom. The average Bonchev–Trinajstić information content (AvgIpc) is 4.01. The molecule has 3 saturated heterocycles. The molecule has 0 bridgehead atoms. The fourth-order valence-electron chi connectivity index (χ4n) is 7.84. The van der Waals surface area contributed by atoms with Gasteiger partial charge in [-0.25, -0.2) is 22.9 Å². The third-order valence-corrected chi connectivity index (χ3v) is 11.6. The Hall–Kier alpha value is -5.25. The number of aromatic carboxylic acids is 1. The number of imidazole rings is 1. The summed E-state index contributed by atoms with van der Waals surface area (Å²) in [5.74, 6) is -1.05. The second kappa shape index (κ2) is 19.2. The van der Waals surface area contributed by atoms with Gasteiger partial charge in [0, 0.05) is 42.1 Å². The fourth-order valence-corrected chi connectivity index (χ4v) is 8.16. The molecule has 11 nitrogen and oxygen atoms in total. The van der Waals surface area contributed by atoms with Gasteiger partial charge in [-0.3, -0.25) is 14.9 Å². The van der Waals surface area contributed by atoms with Gasteiger partial charge in [-0.15, -0.1) is 0 Å². The quantitative estimate of drug-likeness (QED) is 0.116. The summed E-state index contributed by atoms with van der Waals surface area (Å²) in [7, 11) is 0. The lowest BCUT2D eigenvalue weighted by atomic mass is 9.99. The van der Waals surface area contributed by atoms with Crippen LogP contribution < -0.4 is 14.8 Å². The van der Waals surface area contributed by atoms with E-state index < -0.39 is 23.4 Å². The molecule has 16 heteroatoms. The smallest absolute Gasteiger partial charge is 0.335 e. The molecule has 2 N–H and O–H groups in total. The molecule has 0 spiro atoms. The van der Waals surface area contributed by atoms with Crippen molar-refractivity contribution in [2.24, 2.45) is 0 Å². The van der Waals surface area contributed by atoms with Crippen LogP contribution in [0.2, 0.25) is 10.0 Å². The Morgan fingerprint density at radius 1 is 0.820 bits per heavy atom. The number of halogens is 5. The van der Waals surface area contributed by atoms with Gasteiger partial charge < -0.3 is 29.2 Å². The van der Waals surface area contributed by atoms with Gasteiger partial charge in [-0.1, -0.05) is 23.2 Å². The van der Waals surface area contributed by atoms with Crippen LogP contribution in [0.5, 0.6) is 11.5 Å². The van der Waals surface area contributed by atoms with Crippen molar-refractivity contribution in [3.05, 3.63) is 147 Å². The van der Waals surface area contributed by atoms with Gasteiger partial charge in [-0.05, 0) is 128 Å². The van der Waals surface area contributed by atoms with E-state index in [0.29, 0.717) is 52.7 Å².